The molecule has 146 valence electrons. The molecule has 0 saturated carbocycles. The van der Waals surface area contributed by atoms with Gasteiger partial charge in [-0.1, -0.05) is 57.5 Å². The molecule has 30 heavy (non-hydrogen) atoms. The number of aromatic nitrogens is 5. The van der Waals surface area contributed by atoms with Crippen LogP contribution in [0.25, 0.3) is 33.5 Å². The number of benzene rings is 3. The van der Waals surface area contributed by atoms with Crippen molar-refractivity contribution in [2.75, 3.05) is 5.32 Å². The maximum atomic E-state index is 13.0. The highest BCUT2D eigenvalue weighted by molar-refractivity contribution is 9.10. The fourth-order valence-electron chi connectivity index (χ4n) is 3.19. The summed E-state index contributed by atoms with van der Waals surface area (Å²) in [6.07, 6.45) is 0. The lowest BCUT2D eigenvalue weighted by atomic mass is 10.0. The Hall–Kier alpha value is -3.85. The summed E-state index contributed by atoms with van der Waals surface area (Å²) in [5, 5.41) is 21.3. The molecule has 0 unspecified atom stereocenters. The van der Waals surface area contributed by atoms with Crippen LogP contribution in [0, 0.1) is 0 Å². The van der Waals surface area contributed by atoms with Gasteiger partial charge in [0.1, 0.15) is 0 Å². The van der Waals surface area contributed by atoms with Crippen molar-refractivity contribution in [2.45, 2.75) is 0 Å². The highest BCUT2D eigenvalue weighted by atomic mass is 79.9. The van der Waals surface area contributed by atoms with E-state index in [2.05, 4.69) is 47.0 Å². The normalized spacial score (nSPS) is 11.0. The lowest BCUT2D eigenvalue weighted by Crippen LogP contribution is -2.13. The molecule has 2 heterocycles. The van der Waals surface area contributed by atoms with E-state index in [0.717, 1.165) is 15.6 Å². The molecule has 1 amide bonds. The lowest BCUT2D eigenvalue weighted by Gasteiger charge is -2.09. The quantitative estimate of drug-likeness (QED) is 0.402. The Morgan fingerprint density at radius 3 is 2.67 bits per heavy atom. The van der Waals surface area contributed by atoms with E-state index in [4.69, 9.17) is 4.52 Å². The van der Waals surface area contributed by atoms with E-state index in [1.807, 2.05) is 60.7 Å². The third-order valence-corrected chi connectivity index (χ3v) is 5.12. The smallest absolute Gasteiger partial charge is 0.278 e. The minimum atomic E-state index is -0.394. The number of halogens is 1. The minimum Gasteiger partial charge on any atom is -0.355 e. The summed E-state index contributed by atoms with van der Waals surface area (Å²) in [5.41, 5.74) is 3.93. The number of fused-ring (bicyclic) bond motifs is 1. The molecule has 5 aromatic rings. The third-order valence-electron chi connectivity index (χ3n) is 4.62. The van der Waals surface area contributed by atoms with Crippen LogP contribution in [0.15, 0.2) is 75.7 Å². The number of tetrazole rings is 1. The Balaban J connectivity index is 1.52. The van der Waals surface area contributed by atoms with Crippen molar-refractivity contribution >= 4 is 38.5 Å². The van der Waals surface area contributed by atoms with Crippen LogP contribution >= 0.6 is 15.9 Å². The standard InChI is InChI=1S/C21H13BrN6O2/c22-14-7-8-17(15(11-14)20-24-27-28-25-20)23-21(29)19-16-10-13(6-9-18(16)30-26-19)12-4-2-1-3-5-12/h1-11H,(H,23,29)(H,24,25,27,28). The van der Waals surface area contributed by atoms with E-state index in [9.17, 15) is 4.79 Å². The first-order valence-electron chi connectivity index (χ1n) is 8.99. The molecular formula is C21H13BrN6O2. The van der Waals surface area contributed by atoms with Gasteiger partial charge in [-0.25, -0.2) is 5.10 Å². The molecule has 0 spiro atoms. The van der Waals surface area contributed by atoms with Gasteiger partial charge in [-0.15, -0.1) is 5.10 Å². The van der Waals surface area contributed by atoms with Gasteiger partial charge < -0.3 is 9.84 Å². The number of aromatic amines is 1. The number of hydrogen-bond donors (Lipinski definition) is 2. The van der Waals surface area contributed by atoms with Gasteiger partial charge in [-0.3, -0.25) is 4.79 Å². The number of rotatable bonds is 4. The van der Waals surface area contributed by atoms with Crippen molar-refractivity contribution in [1.29, 1.82) is 0 Å². The molecular weight excluding hydrogens is 448 g/mol. The van der Waals surface area contributed by atoms with Gasteiger partial charge in [0.2, 0.25) is 0 Å². The second-order valence-corrected chi connectivity index (χ2v) is 7.42. The summed E-state index contributed by atoms with van der Waals surface area (Å²) >= 11 is 3.43. The number of carbonyl (C=O) groups is 1. The predicted molar refractivity (Wildman–Crippen MR) is 115 cm³/mol. The number of nitrogens with zero attached hydrogens (tertiary/aromatic N) is 4. The summed E-state index contributed by atoms with van der Waals surface area (Å²) in [6.45, 7) is 0. The van der Waals surface area contributed by atoms with Crippen LogP contribution < -0.4 is 5.32 Å². The van der Waals surface area contributed by atoms with Crippen molar-refractivity contribution < 1.29 is 9.32 Å². The zero-order valence-electron chi connectivity index (χ0n) is 15.3. The number of hydrogen-bond acceptors (Lipinski definition) is 6. The largest absolute Gasteiger partial charge is 0.355 e. The Labute approximate surface area is 178 Å². The van der Waals surface area contributed by atoms with Gasteiger partial charge >= 0.3 is 0 Å². The van der Waals surface area contributed by atoms with E-state index in [1.54, 1.807) is 6.07 Å². The monoisotopic (exact) mass is 460 g/mol. The van der Waals surface area contributed by atoms with E-state index < -0.39 is 5.91 Å². The minimum absolute atomic E-state index is 0.201. The van der Waals surface area contributed by atoms with Crippen LogP contribution in [0.1, 0.15) is 10.5 Å². The number of nitrogens with one attached hydrogen (secondary N) is 2. The molecule has 3 aromatic carbocycles. The molecule has 9 heteroatoms. The van der Waals surface area contributed by atoms with Gasteiger partial charge in [-0.2, -0.15) is 0 Å². The zero-order valence-corrected chi connectivity index (χ0v) is 16.9. The Bertz CT molecular complexity index is 1350. The topological polar surface area (TPSA) is 110 Å². The average Bonchev–Trinajstić information content (AvgIpc) is 3.45. The summed E-state index contributed by atoms with van der Waals surface area (Å²) in [4.78, 5) is 13.0. The highest BCUT2D eigenvalue weighted by Crippen LogP contribution is 2.30. The molecule has 0 bridgehead atoms. The zero-order chi connectivity index (χ0) is 20.5. The molecule has 0 aliphatic heterocycles. The van der Waals surface area contributed by atoms with Crippen molar-refractivity contribution in [3.05, 3.63) is 76.9 Å². The van der Waals surface area contributed by atoms with Gasteiger partial charge in [0, 0.05) is 10.0 Å². The van der Waals surface area contributed by atoms with E-state index in [-0.39, 0.29) is 5.69 Å². The lowest BCUT2D eigenvalue weighted by molar-refractivity contribution is 0.102. The molecule has 2 N–H and O–H groups in total. The van der Waals surface area contributed by atoms with Gasteiger partial charge in [-0.05, 0) is 51.9 Å². The van der Waals surface area contributed by atoms with Crippen LogP contribution in [0.3, 0.4) is 0 Å². The second kappa shape index (κ2) is 7.53. The van der Waals surface area contributed by atoms with Gasteiger partial charge in [0.25, 0.3) is 5.91 Å². The van der Waals surface area contributed by atoms with E-state index in [0.29, 0.717) is 28.0 Å². The van der Waals surface area contributed by atoms with Crippen molar-refractivity contribution in [3.63, 3.8) is 0 Å². The van der Waals surface area contributed by atoms with Crippen molar-refractivity contribution in [1.82, 2.24) is 25.8 Å². The first-order chi connectivity index (χ1) is 14.7. The maximum Gasteiger partial charge on any atom is 0.278 e. The maximum absolute atomic E-state index is 13.0. The van der Waals surface area contributed by atoms with E-state index >= 15 is 0 Å². The number of H-pyrrole nitrogens is 1. The second-order valence-electron chi connectivity index (χ2n) is 6.50. The molecule has 5 rings (SSSR count). The Morgan fingerprint density at radius 1 is 1.00 bits per heavy atom. The number of amides is 1. The van der Waals surface area contributed by atoms with Crippen LogP contribution in [0.4, 0.5) is 5.69 Å². The Kier molecular flexibility index (Phi) is 4.56. The van der Waals surface area contributed by atoms with Crippen LogP contribution in [-0.4, -0.2) is 31.7 Å². The number of anilines is 1. The third kappa shape index (κ3) is 3.35. The molecule has 0 atom stereocenters. The predicted octanol–water partition coefficient (Wildman–Crippen LogP) is 4.69. The summed E-state index contributed by atoms with van der Waals surface area (Å²) in [5.74, 6) is 0.0398. The summed E-state index contributed by atoms with van der Waals surface area (Å²) < 4.78 is 6.19. The molecule has 2 aromatic heterocycles. The Morgan fingerprint density at radius 2 is 1.87 bits per heavy atom. The molecule has 8 nitrogen and oxygen atoms in total. The van der Waals surface area contributed by atoms with Crippen LogP contribution in [0.5, 0.6) is 0 Å². The first kappa shape index (κ1) is 18.2. The molecule has 0 saturated heterocycles. The highest BCUT2D eigenvalue weighted by Gasteiger charge is 2.19. The fourth-order valence-corrected chi connectivity index (χ4v) is 3.55. The van der Waals surface area contributed by atoms with Gasteiger partial charge in [0.05, 0.1) is 11.1 Å². The van der Waals surface area contributed by atoms with Gasteiger partial charge in [0.15, 0.2) is 17.1 Å². The molecule has 0 radical (unpaired) electrons. The van der Waals surface area contributed by atoms with Crippen LogP contribution in [0.2, 0.25) is 0 Å². The summed E-state index contributed by atoms with van der Waals surface area (Å²) in [6, 6.07) is 20.9. The molecule has 0 aliphatic rings. The average molecular weight is 461 g/mol. The van der Waals surface area contributed by atoms with Crippen molar-refractivity contribution in [2.24, 2.45) is 0 Å². The van der Waals surface area contributed by atoms with Crippen molar-refractivity contribution in [3.8, 4) is 22.5 Å². The molecule has 0 aliphatic carbocycles. The number of carbonyl (C=O) groups excluding carboxylic acids is 1. The fraction of sp³-hybridized carbons (Fsp3) is 0. The first-order valence-corrected chi connectivity index (χ1v) is 9.78. The SMILES string of the molecule is O=C(Nc1ccc(Br)cc1-c1nnn[nH]1)c1noc2ccc(-c3ccccc3)cc12. The van der Waals surface area contributed by atoms with Crippen LogP contribution in [-0.2, 0) is 0 Å². The summed E-state index contributed by atoms with van der Waals surface area (Å²) in [7, 11) is 0. The molecule has 0 fully saturated rings. The van der Waals surface area contributed by atoms with E-state index in [1.165, 1.54) is 0 Å².